The van der Waals surface area contributed by atoms with Crippen LogP contribution in [0.4, 0.5) is 0 Å². The third kappa shape index (κ3) is 2.95. The summed E-state index contributed by atoms with van der Waals surface area (Å²) in [5.41, 5.74) is 4.04. The Kier molecular flexibility index (Phi) is 4.17. The Morgan fingerprint density at radius 2 is 1.92 bits per heavy atom. The Labute approximate surface area is 153 Å². The number of rotatable bonds is 2. The van der Waals surface area contributed by atoms with Gasteiger partial charge in [-0.15, -0.1) is 0 Å². The van der Waals surface area contributed by atoms with Crippen molar-refractivity contribution in [1.29, 1.82) is 0 Å². The highest BCUT2D eigenvalue weighted by Gasteiger charge is 2.36. The summed E-state index contributed by atoms with van der Waals surface area (Å²) in [6.07, 6.45) is 2.18. The number of carbonyl (C=O) groups is 2. The van der Waals surface area contributed by atoms with Gasteiger partial charge in [0.05, 0.1) is 11.6 Å². The molecular formula is C19H25N5O2. The van der Waals surface area contributed by atoms with E-state index in [0.29, 0.717) is 18.9 Å². The zero-order valence-electron chi connectivity index (χ0n) is 15.6. The molecule has 0 bridgehead atoms. The van der Waals surface area contributed by atoms with Crippen LogP contribution < -0.4 is 0 Å². The van der Waals surface area contributed by atoms with E-state index in [1.54, 1.807) is 11.9 Å². The summed E-state index contributed by atoms with van der Waals surface area (Å²) in [7, 11) is 1.77. The van der Waals surface area contributed by atoms with Gasteiger partial charge in [0.2, 0.25) is 11.8 Å². The van der Waals surface area contributed by atoms with Crippen LogP contribution in [0, 0.1) is 19.8 Å². The second kappa shape index (κ2) is 6.37. The van der Waals surface area contributed by atoms with Crippen LogP contribution in [0.2, 0.25) is 0 Å². The van der Waals surface area contributed by atoms with Gasteiger partial charge < -0.3 is 9.80 Å². The van der Waals surface area contributed by atoms with Crippen molar-refractivity contribution in [3.05, 3.63) is 29.2 Å². The molecule has 2 saturated heterocycles. The van der Waals surface area contributed by atoms with Crippen LogP contribution in [0.3, 0.4) is 0 Å². The summed E-state index contributed by atoms with van der Waals surface area (Å²) in [6, 6.07) is 4.12. The molecule has 2 aliphatic rings. The average Bonchev–Trinajstić information content (AvgIpc) is 3.16. The summed E-state index contributed by atoms with van der Waals surface area (Å²) in [5, 5.41) is 4.46. The Morgan fingerprint density at radius 3 is 2.58 bits per heavy atom. The number of hydrogen-bond acceptors (Lipinski definition) is 4. The van der Waals surface area contributed by atoms with Crippen LogP contribution in [0.1, 0.15) is 42.3 Å². The molecule has 2 aliphatic heterocycles. The summed E-state index contributed by atoms with van der Waals surface area (Å²) in [4.78, 5) is 32.8. The van der Waals surface area contributed by atoms with Crippen LogP contribution in [-0.4, -0.2) is 62.9 Å². The molecule has 4 heterocycles. The smallest absolute Gasteiger partial charge is 0.227 e. The quantitative estimate of drug-likeness (QED) is 0.819. The van der Waals surface area contributed by atoms with Crippen molar-refractivity contribution in [3.8, 4) is 0 Å². The number of nitrogens with zero attached hydrogens (tertiary/aromatic N) is 5. The molecule has 1 atom stereocenters. The number of fused-ring (bicyclic) bond motifs is 1. The molecule has 0 unspecified atom stereocenters. The van der Waals surface area contributed by atoms with Crippen molar-refractivity contribution in [2.45, 2.75) is 39.0 Å². The third-order valence-electron chi connectivity index (χ3n) is 5.66. The number of hydrogen-bond donors (Lipinski definition) is 0. The predicted octanol–water partition coefficient (Wildman–Crippen LogP) is 1.53. The fourth-order valence-electron chi connectivity index (χ4n) is 4.16. The Bertz CT molecular complexity index is 866. The lowest BCUT2D eigenvalue weighted by Gasteiger charge is -2.33. The number of carbonyl (C=O) groups excluding carboxylic acids is 2. The maximum absolute atomic E-state index is 12.7. The third-order valence-corrected chi connectivity index (χ3v) is 5.66. The van der Waals surface area contributed by atoms with Gasteiger partial charge in [-0.25, -0.2) is 9.50 Å². The fourth-order valence-corrected chi connectivity index (χ4v) is 4.16. The summed E-state index contributed by atoms with van der Waals surface area (Å²) < 4.78 is 1.88. The molecule has 0 aromatic carbocycles. The largest absolute Gasteiger partial charge is 0.345 e. The molecule has 138 valence electrons. The predicted molar refractivity (Wildman–Crippen MR) is 96.8 cm³/mol. The molecule has 2 aromatic heterocycles. The molecule has 7 nitrogen and oxygen atoms in total. The van der Waals surface area contributed by atoms with Gasteiger partial charge in [-0.3, -0.25) is 9.59 Å². The number of piperidine rings is 1. The van der Waals surface area contributed by atoms with Gasteiger partial charge in [-0.1, -0.05) is 0 Å². The molecule has 0 saturated carbocycles. The van der Waals surface area contributed by atoms with Crippen LogP contribution in [-0.2, 0) is 9.59 Å². The first-order valence-corrected chi connectivity index (χ1v) is 9.29. The lowest BCUT2D eigenvalue weighted by atomic mass is 9.92. The van der Waals surface area contributed by atoms with Gasteiger partial charge in [0.1, 0.15) is 0 Å². The monoisotopic (exact) mass is 355 g/mol. The van der Waals surface area contributed by atoms with E-state index in [4.69, 9.17) is 4.98 Å². The molecule has 2 fully saturated rings. The first-order valence-electron chi connectivity index (χ1n) is 9.29. The lowest BCUT2D eigenvalue weighted by molar-refractivity contribution is -0.136. The minimum Gasteiger partial charge on any atom is -0.345 e. The zero-order chi connectivity index (χ0) is 18.4. The van der Waals surface area contributed by atoms with Crippen LogP contribution in [0.5, 0.6) is 0 Å². The van der Waals surface area contributed by atoms with E-state index >= 15 is 0 Å². The number of aryl methyl sites for hydroxylation is 2. The van der Waals surface area contributed by atoms with E-state index in [9.17, 15) is 9.59 Å². The van der Waals surface area contributed by atoms with Gasteiger partial charge in [0.25, 0.3) is 0 Å². The molecule has 0 N–H and O–H groups in total. The maximum atomic E-state index is 12.7. The second-order valence-corrected chi connectivity index (χ2v) is 7.65. The fraction of sp³-hybridized carbons (Fsp3) is 0.579. The topological polar surface area (TPSA) is 70.8 Å². The highest BCUT2D eigenvalue weighted by atomic mass is 16.2. The van der Waals surface area contributed by atoms with Crippen molar-refractivity contribution < 1.29 is 9.59 Å². The van der Waals surface area contributed by atoms with Crippen molar-refractivity contribution in [2.24, 2.45) is 5.92 Å². The van der Waals surface area contributed by atoms with Gasteiger partial charge in [0.15, 0.2) is 5.65 Å². The Balaban J connectivity index is 1.44. The zero-order valence-corrected chi connectivity index (χ0v) is 15.6. The maximum Gasteiger partial charge on any atom is 0.227 e. The average molecular weight is 355 g/mol. The highest BCUT2D eigenvalue weighted by molar-refractivity contribution is 5.89. The van der Waals surface area contributed by atoms with Crippen molar-refractivity contribution in [1.82, 2.24) is 24.4 Å². The van der Waals surface area contributed by atoms with Crippen molar-refractivity contribution >= 4 is 17.5 Å². The lowest BCUT2D eigenvalue weighted by Crippen LogP contribution is -2.42. The molecule has 26 heavy (non-hydrogen) atoms. The van der Waals surface area contributed by atoms with Crippen molar-refractivity contribution in [2.75, 3.05) is 26.7 Å². The summed E-state index contributed by atoms with van der Waals surface area (Å²) in [5.74, 6) is 0.399. The molecule has 0 spiro atoms. The highest BCUT2D eigenvalue weighted by Crippen LogP contribution is 2.29. The molecule has 0 aliphatic carbocycles. The van der Waals surface area contributed by atoms with E-state index in [1.807, 2.05) is 22.4 Å². The normalized spacial score (nSPS) is 21.8. The summed E-state index contributed by atoms with van der Waals surface area (Å²) in [6.45, 7) is 6.06. The van der Waals surface area contributed by atoms with Gasteiger partial charge in [-0.05, 0) is 32.8 Å². The molecule has 4 rings (SSSR count). The van der Waals surface area contributed by atoms with Gasteiger partial charge in [-0.2, -0.15) is 5.10 Å². The van der Waals surface area contributed by atoms with Crippen LogP contribution in [0.15, 0.2) is 12.1 Å². The minimum absolute atomic E-state index is 0.0716. The van der Waals surface area contributed by atoms with E-state index in [2.05, 4.69) is 18.1 Å². The number of amides is 2. The molecule has 0 radical (unpaired) electrons. The Morgan fingerprint density at radius 1 is 1.19 bits per heavy atom. The van der Waals surface area contributed by atoms with Gasteiger partial charge in [0, 0.05) is 56.5 Å². The van der Waals surface area contributed by atoms with E-state index in [0.717, 1.165) is 48.7 Å². The van der Waals surface area contributed by atoms with Crippen LogP contribution in [0.25, 0.3) is 5.65 Å². The standard InChI is InChI=1S/C19H25N5O2/c1-12-8-17-20-16(9-13(2)24(17)21-12)14-4-6-23(7-5-14)19(26)15-10-18(25)22(3)11-15/h8-9,14-15H,4-7,10-11H2,1-3H3/t15-/m0/s1. The SMILES string of the molecule is Cc1cc2nc(C3CCN(C(=O)[C@H]4CC(=O)N(C)C4)CC3)cc(C)n2n1. The number of likely N-dealkylation sites (tertiary alicyclic amines) is 2. The molecule has 2 amide bonds. The van der Waals surface area contributed by atoms with E-state index in [1.165, 1.54) is 0 Å². The van der Waals surface area contributed by atoms with Gasteiger partial charge >= 0.3 is 0 Å². The first kappa shape index (κ1) is 17.0. The van der Waals surface area contributed by atoms with Crippen LogP contribution >= 0.6 is 0 Å². The molecule has 7 heteroatoms. The molecule has 2 aromatic rings. The summed E-state index contributed by atoms with van der Waals surface area (Å²) >= 11 is 0. The van der Waals surface area contributed by atoms with Crippen molar-refractivity contribution in [3.63, 3.8) is 0 Å². The first-order chi connectivity index (χ1) is 12.4. The Hall–Kier alpha value is -2.44. The minimum atomic E-state index is -0.171. The molecular weight excluding hydrogens is 330 g/mol. The second-order valence-electron chi connectivity index (χ2n) is 7.65. The van der Waals surface area contributed by atoms with E-state index < -0.39 is 0 Å². The number of aromatic nitrogens is 3. The van der Waals surface area contributed by atoms with E-state index in [-0.39, 0.29) is 17.7 Å².